The first kappa shape index (κ1) is 17.2. The summed E-state index contributed by atoms with van der Waals surface area (Å²) in [5, 5.41) is 8.09. The molecule has 0 fully saturated rings. The molecule has 0 aromatic carbocycles. The Bertz CT molecular complexity index is 363. The molecule has 0 spiro atoms. The normalized spacial score (nSPS) is 9.94. The molecule has 0 bridgehead atoms. The van der Waals surface area contributed by atoms with Crippen LogP contribution in [-0.4, -0.2) is 46.4 Å². The van der Waals surface area contributed by atoms with Crippen LogP contribution in [0.2, 0.25) is 0 Å². The molecule has 0 atom stereocenters. The van der Waals surface area contributed by atoms with Crippen LogP contribution in [0.4, 0.5) is 0 Å². The second-order valence-electron chi connectivity index (χ2n) is 3.36. The van der Waals surface area contributed by atoms with E-state index >= 15 is 0 Å². The van der Waals surface area contributed by atoms with Crippen LogP contribution in [0.15, 0.2) is 9.64 Å². The number of aromatic nitrogens is 2. The number of hydrogen-bond acceptors (Lipinski definition) is 6. The van der Waals surface area contributed by atoms with E-state index in [0.717, 1.165) is 13.1 Å². The fourth-order valence-electron chi connectivity index (χ4n) is 1.31. The second-order valence-corrected chi connectivity index (χ2v) is 4.28. The Morgan fingerprint density at radius 2 is 2.11 bits per heavy atom. The average Bonchev–Trinajstić information content (AvgIpc) is 2.76. The maximum Gasteiger partial charge on any atom is 1.00 e. The number of halogens is 1. The second kappa shape index (κ2) is 9.18. The predicted molar refractivity (Wildman–Crippen MR) is 66.8 cm³/mol. The molecule has 1 aromatic rings. The minimum Gasteiger partial charge on any atom is -1.00 e. The first-order chi connectivity index (χ1) is 8.21. The molecule has 0 unspecified atom stereocenters. The van der Waals surface area contributed by atoms with Crippen molar-refractivity contribution >= 4 is 17.7 Å². The van der Waals surface area contributed by atoms with Gasteiger partial charge in [-0.3, -0.25) is 4.79 Å². The third kappa shape index (κ3) is 5.24. The lowest BCUT2D eigenvalue weighted by Gasteiger charge is -2.17. The lowest BCUT2D eigenvalue weighted by molar-refractivity contribution is -0.127. The molecule has 104 valence electrons. The number of nitrogens with zero attached hydrogens (tertiary/aromatic N) is 3. The van der Waals surface area contributed by atoms with Crippen molar-refractivity contribution in [1.82, 2.24) is 15.1 Å². The molecule has 1 rings (SSSR count). The highest BCUT2D eigenvalue weighted by Gasteiger charge is 2.12. The van der Waals surface area contributed by atoms with Crippen LogP contribution in [0.25, 0.3) is 0 Å². The van der Waals surface area contributed by atoms with Crippen molar-refractivity contribution in [3.05, 3.63) is 5.89 Å². The van der Waals surface area contributed by atoms with Crippen LogP contribution < -0.4 is 18.1 Å². The van der Waals surface area contributed by atoms with Gasteiger partial charge in [-0.2, -0.15) is 0 Å². The standard InChI is InChI=1S/C10H18N4O2S.ClH/c1-3-14(4-2)9(15)7-17-10-13-12-8(16-10)5-6-11;/h3-7,11H2,1-2H3;1H. The predicted octanol–water partition coefficient (Wildman–Crippen LogP) is -2.35. The Labute approximate surface area is 119 Å². The molecular formula is C10H19ClN4O2S. The molecule has 8 heteroatoms. The molecule has 1 heterocycles. The lowest BCUT2D eigenvalue weighted by atomic mass is 10.4. The summed E-state index contributed by atoms with van der Waals surface area (Å²) >= 11 is 1.26. The van der Waals surface area contributed by atoms with Crippen LogP contribution in [-0.2, 0) is 11.2 Å². The van der Waals surface area contributed by atoms with Crippen molar-refractivity contribution in [1.29, 1.82) is 0 Å². The summed E-state index contributed by atoms with van der Waals surface area (Å²) in [5.74, 6) is 0.926. The highest BCUT2D eigenvalue weighted by atomic mass is 35.5. The van der Waals surface area contributed by atoms with Gasteiger partial charge in [0.25, 0.3) is 5.22 Å². The Balaban J connectivity index is 0. The third-order valence-corrected chi connectivity index (χ3v) is 3.04. The van der Waals surface area contributed by atoms with E-state index < -0.39 is 0 Å². The molecule has 0 radical (unpaired) electrons. The van der Waals surface area contributed by atoms with Gasteiger partial charge in [-0.25, -0.2) is 0 Å². The maximum atomic E-state index is 11.7. The molecule has 0 aliphatic carbocycles. The summed E-state index contributed by atoms with van der Waals surface area (Å²) in [7, 11) is 0. The van der Waals surface area contributed by atoms with E-state index in [2.05, 4.69) is 10.2 Å². The molecule has 1 aromatic heterocycles. The Kier molecular flexibility index (Phi) is 8.78. The fraction of sp³-hybridized carbons (Fsp3) is 0.700. The van der Waals surface area contributed by atoms with Gasteiger partial charge >= 0.3 is 1.43 Å². The zero-order valence-corrected chi connectivity index (χ0v) is 12.1. The van der Waals surface area contributed by atoms with E-state index in [1.165, 1.54) is 11.8 Å². The van der Waals surface area contributed by atoms with Gasteiger partial charge in [-0.15, -0.1) is 10.2 Å². The molecule has 1 amide bonds. The zero-order chi connectivity index (χ0) is 12.7. The maximum absolute atomic E-state index is 11.7. The summed E-state index contributed by atoms with van der Waals surface area (Å²) in [5.41, 5.74) is 5.37. The minimum atomic E-state index is 0. The number of carbonyl (C=O) groups excluding carboxylic acids is 1. The van der Waals surface area contributed by atoms with E-state index in [9.17, 15) is 4.79 Å². The Morgan fingerprint density at radius 3 is 2.67 bits per heavy atom. The molecule has 18 heavy (non-hydrogen) atoms. The van der Waals surface area contributed by atoms with Crippen LogP contribution in [0.1, 0.15) is 21.2 Å². The Morgan fingerprint density at radius 1 is 1.44 bits per heavy atom. The minimum absolute atomic E-state index is 0. The number of rotatable bonds is 7. The van der Waals surface area contributed by atoms with Gasteiger partial charge in [-0.05, 0) is 13.8 Å². The molecule has 0 aliphatic heterocycles. The summed E-state index contributed by atoms with van der Waals surface area (Å²) in [6, 6.07) is 0. The van der Waals surface area contributed by atoms with E-state index in [-0.39, 0.29) is 19.7 Å². The number of nitrogens with two attached hydrogens (primary N) is 1. The molecular weight excluding hydrogens is 276 g/mol. The van der Waals surface area contributed by atoms with Crippen LogP contribution >= 0.6 is 11.8 Å². The van der Waals surface area contributed by atoms with Gasteiger partial charge in [0.05, 0.1) is 5.75 Å². The van der Waals surface area contributed by atoms with Crippen LogP contribution in [0.3, 0.4) is 0 Å². The lowest BCUT2D eigenvalue weighted by Crippen LogP contribution is -3.00. The van der Waals surface area contributed by atoms with E-state index in [0.29, 0.717) is 29.8 Å². The van der Waals surface area contributed by atoms with Gasteiger partial charge in [0.1, 0.15) is 0 Å². The zero-order valence-electron chi connectivity index (χ0n) is 11.6. The summed E-state index contributed by atoms with van der Waals surface area (Å²) in [4.78, 5) is 13.5. The number of carbonyl (C=O) groups is 1. The number of amides is 1. The number of hydrogen-bond donors (Lipinski definition) is 1. The third-order valence-electron chi connectivity index (χ3n) is 2.24. The first-order valence-electron chi connectivity index (χ1n) is 5.64. The summed E-state index contributed by atoms with van der Waals surface area (Å²) in [6.07, 6.45) is 0.567. The van der Waals surface area contributed by atoms with Crippen molar-refractivity contribution < 1.29 is 23.0 Å². The van der Waals surface area contributed by atoms with E-state index in [1.807, 2.05) is 13.8 Å². The highest BCUT2D eigenvalue weighted by molar-refractivity contribution is 7.99. The first-order valence-corrected chi connectivity index (χ1v) is 6.62. The summed E-state index contributed by atoms with van der Waals surface area (Å²) < 4.78 is 5.31. The van der Waals surface area contributed by atoms with Gasteiger partial charge in [-0.1, -0.05) is 11.8 Å². The SMILES string of the molecule is CCN(CC)C(=O)CSc1nnc(CCN)o1.[Cl-].[H+]. The quantitative estimate of drug-likeness (QED) is 0.567. The van der Waals surface area contributed by atoms with Crippen LogP contribution in [0.5, 0.6) is 0 Å². The topological polar surface area (TPSA) is 85.2 Å². The van der Waals surface area contributed by atoms with Gasteiger partial charge in [0, 0.05) is 26.1 Å². The molecule has 2 N–H and O–H groups in total. The molecule has 0 saturated carbocycles. The van der Waals surface area contributed by atoms with Crippen LogP contribution in [0, 0.1) is 0 Å². The van der Waals surface area contributed by atoms with Crippen molar-refractivity contribution in [2.45, 2.75) is 25.5 Å². The van der Waals surface area contributed by atoms with Crippen molar-refractivity contribution in [2.24, 2.45) is 5.73 Å². The van der Waals surface area contributed by atoms with Crippen molar-refractivity contribution in [3.8, 4) is 0 Å². The van der Waals surface area contributed by atoms with E-state index in [1.54, 1.807) is 4.90 Å². The largest absolute Gasteiger partial charge is 1.00 e. The van der Waals surface area contributed by atoms with Gasteiger partial charge in [0.2, 0.25) is 11.8 Å². The highest BCUT2D eigenvalue weighted by Crippen LogP contribution is 2.16. The smallest absolute Gasteiger partial charge is 1.00 e. The monoisotopic (exact) mass is 294 g/mol. The van der Waals surface area contributed by atoms with E-state index in [4.69, 9.17) is 10.2 Å². The van der Waals surface area contributed by atoms with Gasteiger partial charge < -0.3 is 27.5 Å². The Hall–Kier alpha value is -0.790. The summed E-state index contributed by atoms with van der Waals surface area (Å²) in [6.45, 7) is 5.83. The van der Waals surface area contributed by atoms with Crippen molar-refractivity contribution in [2.75, 3.05) is 25.4 Å². The van der Waals surface area contributed by atoms with Gasteiger partial charge in [0.15, 0.2) is 0 Å². The molecule has 6 nitrogen and oxygen atoms in total. The van der Waals surface area contributed by atoms with Crippen molar-refractivity contribution in [3.63, 3.8) is 0 Å². The average molecular weight is 295 g/mol. The number of thioether (sulfide) groups is 1. The molecule has 0 aliphatic rings. The molecule has 0 saturated heterocycles. The fourth-order valence-corrected chi connectivity index (χ4v) is 2.00.